The van der Waals surface area contributed by atoms with Crippen molar-refractivity contribution in [3.8, 4) is 0 Å². The number of ether oxygens (including phenoxy) is 2. The van der Waals surface area contributed by atoms with Crippen molar-refractivity contribution in [2.75, 3.05) is 0 Å². The molecule has 8 heteroatoms. The van der Waals surface area contributed by atoms with Crippen LogP contribution in [0.5, 0.6) is 0 Å². The lowest BCUT2D eigenvalue weighted by atomic mass is 9.85. The first-order chi connectivity index (χ1) is 9.40. The maximum Gasteiger partial charge on any atom is 0.453 e. The van der Waals surface area contributed by atoms with Crippen LogP contribution in [-0.2, 0) is 14.3 Å². The van der Waals surface area contributed by atoms with Gasteiger partial charge in [-0.25, -0.2) is 4.79 Å². The zero-order valence-corrected chi connectivity index (χ0v) is 12.0. The van der Waals surface area contributed by atoms with E-state index in [-0.39, 0.29) is 11.9 Å². The predicted octanol–water partition coefficient (Wildman–Crippen LogP) is 2.08. The molecule has 0 aromatic heterocycles. The van der Waals surface area contributed by atoms with Crippen molar-refractivity contribution in [1.82, 2.24) is 5.12 Å². The maximum absolute atomic E-state index is 11.7. The van der Waals surface area contributed by atoms with Crippen molar-refractivity contribution >= 4 is 35.1 Å². The Balaban J connectivity index is 2.18. The summed E-state index contributed by atoms with van der Waals surface area (Å²) in [6, 6.07) is 0. The first kappa shape index (κ1) is 14.5. The molecule has 7 nitrogen and oxygen atoms in total. The minimum Gasteiger partial charge on any atom is -0.434 e. The second-order valence-electron chi connectivity index (χ2n) is 4.47. The molecular formula is C12H14ClN3O4. The molecule has 2 aliphatic heterocycles. The molecule has 0 N–H and O–H groups in total. The molecule has 0 aromatic carbocycles. The molecule has 0 aromatic rings. The maximum atomic E-state index is 11.7. The summed E-state index contributed by atoms with van der Waals surface area (Å²) in [6.45, 7) is 4.94. The minimum atomic E-state index is -0.779. The van der Waals surface area contributed by atoms with Crippen LogP contribution in [0.3, 0.4) is 0 Å². The molecule has 2 unspecified atom stereocenters. The van der Waals surface area contributed by atoms with Crippen molar-refractivity contribution in [2.24, 2.45) is 22.0 Å². The van der Waals surface area contributed by atoms with E-state index >= 15 is 0 Å². The highest BCUT2D eigenvalue weighted by molar-refractivity contribution is 6.20. The third kappa shape index (κ3) is 2.82. The topological polar surface area (TPSA) is 80.6 Å². The molecule has 0 spiro atoms. The summed E-state index contributed by atoms with van der Waals surface area (Å²) in [6.07, 6.45) is 2.23. The van der Waals surface area contributed by atoms with Crippen LogP contribution in [0, 0.1) is 11.8 Å². The molecule has 2 heterocycles. The fraction of sp³-hybridized carbons (Fsp3) is 0.500. The molecule has 2 rings (SSSR count). The Morgan fingerprint density at radius 3 is 2.50 bits per heavy atom. The highest BCUT2D eigenvalue weighted by atomic mass is 35.5. The number of carbonyl (C=O) groups excluding carboxylic acids is 2. The minimum absolute atomic E-state index is 0.321. The lowest BCUT2D eigenvalue weighted by Crippen LogP contribution is -2.39. The van der Waals surface area contributed by atoms with E-state index in [1.54, 1.807) is 19.9 Å². The van der Waals surface area contributed by atoms with Gasteiger partial charge >= 0.3 is 12.1 Å². The molecular weight excluding hydrogens is 286 g/mol. The smallest absolute Gasteiger partial charge is 0.434 e. The Kier molecular flexibility index (Phi) is 4.08. The largest absolute Gasteiger partial charge is 0.453 e. The standard InChI is InChI=1S/C12H14ClN3O4/c1-6-10(9-4-5-19-11(9)17)7(2)15-16(14-6)12(18)20-8(3)13/h4-5,8-10H,1-3H3. The predicted molar refractivity (Wildman–Crippen MR) is 72.1 cm³/mol. The molecule has 0 aliphatic carbocycles. The van der Waals surface area contributed by atoms with Gasteiger partial charge in [0.1, 0.15) is 0 Å². The molecule has 2 aliphatic rings. The summed E-state index contributed by atoms with van der Waals surface area (Å²) >= 11 is 5.58. The third-order valence-electron chi connectivity index (χ3n) is 2.93. The Labute approximate surface area is 120 Å². The number of carbonyl (C=O) groups is 2. The lowest BCUT2D eigenvalue weighted by molar-refractivity contribution is -0.139. The van der Waals surface area contributed by atoms with Crippen molar-refractivity contribution in [2.45, 2.75) is 26.3 Å². The van der Waals surface area contributed by atoms with Gasteiger partial charge in [0, 0.05) is 11.4 Å². The highest BCUT2D eigenvalue weighted by Gasteiger charge is 2.38. The van der Waals surface area contributed by atoms with Crippen LogP contribution in [-0.4, -0.2) is 34.2 Å². The van der Waals surface area contributed by atoms with Gasteiger partial charge in [0.2, 0.25) is 0 Å². The van der Waals surface area contributed by atoms with Gasteiger partial charge in [-0.1, -0.05) is 16.7 Å². The summed E-state index contributed by atoms with van der Waals surface area (Å²) < 4.78 is 9.59. The number of halogens is 1. The fourth-order valence-corrected chi connectivity index (χ4v) is 2.21. The molecule has 20 heavy (non-hydrogen) atoms. The van der Waals surface area contributed by atoms with Crippen molar-refractivity contribution in [1.29, 1.82) is 0 Å². The van der Waals surface area contributed by atoms with Crippen molar-refractivity contribution in [3.05, 3.63) is 12.3 Å². The summed E-state index contributed by atoms with van der Waals surface area (Å²) in [4.78, 5) is 23.3. The summed E-state index contributed by atoms with van der Waals surface area (Å²) in [5.74, 6) is -1.14. The Morgan fingerprint density at radius 2 is 2.05 bits per heavy atom. The number of amides is 1. The van der Waals surface area contributed by atoms with E-state index in [2.05, 4.69) is 10.2 Å². The Morgan fingerprint density at radius 1 is 1.45 bits per heavy atom. The molecule has 0 saturated heterocycles. The van der Waals surface area contributed by atoms with Crippen LogP contribution in [0.25, 0.3) is 0 Å². The van der Waals surface area contributed by atoms with Crippen LogP contribution in [0.2, 0.25) is 0 Å². The van der Waals surface area contributed by atoms with E-state index < -0.39 is 17.6 Å². The number of alkyl halides is 1. The van der Waals surface area contributed by atoms with E-state index in [0.717, 1.165) is 5.12 Å². The van der Waals surface area contributed by atoms with E-state index in [0.29, 0.717) is 11.4 Å². The highest BCUT2D eigenvalue weighted by Crippen LogP contribution is 2.27. The fourth-order valence-electron chi connectivity index (χ4n) is 2.13. The number of cyclic esters (lactones) is 1. The van der Waals surface area contributed by atoms with Crippen molar-refractivity contribution in [3.63, 3.8) is 0 Å². The molecule has 0 fully saturated rings. The van der Waals surface area contributed by atoms with Gasteiger partial charge in [0.15, 0.2) is 5.56 Å². The molecule has 0 radical (unpaired) electrons. The van der Waals surface area contributed by atoms with Crippen LogP contribution in [0.4, 0.5) is 4.79 Å². The average Bonchev–Trinajstić information content (AvgIpc) is 2.74. The summed E-state index contributed by atoms with van der Waals surface area (Å²) in [5, 5.41) is 8.90. The molecule has 0 bridgehead atoms. The van der Waals surface area contributed by atoms with Gasteiger partial charge in [-0.2, -0.15) is 10.2 Å². The number of hydrogen-bond donors (Lipinski definition) is 0. The quantitative estimate of drug-likeness (QED) is 0.577. The molecule has 108 valence electrons. The third-order valence-corrected chi connectivity index (χ3v) is 3.02. The monoisotopic (exact) mass is 299 g/mol. The number of esters is 1. The number of nitrogens with zero attached hydrogens (tertiary/aromatic N) is 3. The first-order valence-corrected chi connectivity index (χ1v) is 6.46. The SMILES string of the molecule is CC1=NN(C(=O)OC(C)Cl)N=C(C)C1C1C=COC1=O. The van der Waals surface area contributed by atoms with Gasteiger partial charge in [-0.3, -0.25) is 4.79 Å². The Bertz CT molecular complexity index is 507. The normalized spacial score (nSPS) is 24.1. The van der Waals surface area contributed by atoms with Crippen LogP contribution < -0.4 is 0 Å². The van der Waals surface area contributed by atoms with Gasteiger partial charge in [-0.15, -0.1) is 0 Å². The molecule has 1 amide bonds. The lowest BCUT2D eigenvalue weighted by Gasteiger charge is -2.26. The molecule has 2 atom stereocenters. The van der Waals surface area contributed by atoms with E-state index in [4.69, 9.17) is 21.1 Å². The van der Waals surface area contributed by atoms with E-state index in [1.807, 2.05) is 0 Å². The van der Waals surface area contributed by atoms with Gasteiger partial charge in [0.25, 0.3) is 0 Å². The van der Waals surface area contributed by atoms with Gasteiger partial charge in [-0.05, 0) is 26.8 Å². The van der Waals surface area contributed by atoms with Crippen LogP contribution >= 0.6 is 11.6 Å². The average molecular weight is 300 g/mol. The number of hydrazone groups is 2. The zero-order valence-electron chi connectivity index (χ0n) is 11.2. The molecule has 0 saturated carbocycles. The van der Waals surface area contributed by atoms with Crippen molar-refractivity contribution < 1.29 is 19.1 Å². The second-order valence-corrected chi connectivity index (χ2v) is 5.08. The summed E-state index contributed by atoms with van der Waals surface area (Å²) in [5.41, 5.74) is 0.370. The van der Waals surface area contributed by atoms with Gasteiger partial charge < -0.3 is 9.47 Å². The Hall–Kier alpha value is -1.89. The summed E-state index contributed by atoms with van der Waals surface area (Å²) in [7, 11) is 0. The number of rotatable bonds is 2. The van der Waals surface area contributed by atoms with Crippen LogP contribution in [0.15, 0.2) is 22.5 Å². The second kappa shape index (κ2) is 5.62. The van der Waals surface area contributed by atoms with E-state index in [9.17, 15) is 9.59 Å². The van der Waals surface area contributed by atoms with Crippen LogP contribution in [0.1, 0.15) is 20.8 Å². The van der Waals surface area contributed by atoms with E-state index in [1.165, 1.54) is 13.2 Å². The zero-order chi connectivity index (χ0) is 14.9. The first-order valence-electron chi connectivity index (χ1n) is 6.02. The number of hydrogen-bond acceptors (Lipinski definition) is 6. The van der Waals surface area contributed by atoms with Gasteiger partial charge in [0.05, 0.1) is 18.1 Å².